The van der Waals surface area contributed by atoms with Crippen molar-refractivity contribution in [3.05, 3.63) is 72.3 Å². The Hall–Kier alpha value is -3.47. The van der Waals surface area contributed by atoms with Gasteiger partial charge in [0.05, 0.1) is 13.2 Å². The fourth-order valence-corrected chi connectivity index (χ4v) is 3.45. The first-order valence-electron chi connectivity index (χ1n) is 12.2. The number of carbonyl (C=O) groups excluding carboxylic acids is 1. The lowest BCUT2D eigenvalue weighted by Gasteiger charge is -2.19. The van der Waals surface area contributed by atoms with Gasteiger partial charge in [-0.05, 0) is 71.8 Å². The zero-order valence-corrected chi connectivity index (χ0v) is 21.4. The van der Waals surface area contributed by atoms with Crippen molar-refractivity contribution in [1.82, 2.24) is 0 Å². The van der Waals surface area contributed by atoms with Gasteiger partial charge in [-0.15, -0.1) is 0 Å². The van der Waals surface area contributed by atoms with Crippen molar-refractivity contribution >= 4 is 5.97 Å². The van der Waals surface area contributed by atoms with Crippen LogP contribution in [-0.2, 0) is 14.9 Å². The third kappa shape index (κ3) is 7.78. The normalized spacial score (nSPS) is 11.1. The predicted molar refractivity (Wildman–Crippen MR) is 140 cm³/mol. The van der Waals surface area contributed by atoms with Gasteiger partial charge in [0.1, 0.15) is 11.5 Å². The number of benzene rings is 3. The molecule has 0 aliphatic carbocycles. The second-order valence-electron chi connectivity index (χ2n) is 9.36. The summed E-state index contributed by atoms with van der Waals surface area (Å²) < 4.78 is 22.7. The van der Waals surface area contributed by atoms with Crippen LogP contribution in [0.5, 0.6) is 23.0 Å². The number of hydrogen-bond acceptors (Lipinski definition) is 5. The number of ether oxygens (including phenoxy) is 4. The molecule has 0 radical (unpaired) electrons. The monoisotopic (exact) mass is 476 g/mol. The molecule has 0 N–H and O–H groups in total. The van der Waals surface area contributed by atoms with Gasteiger partial charge < -0.3 is 18.9 Å². The van der Waals surface area contributed by atoms with Crippen LogP contribution in [0.4, 0.5) is 0 Å². The van der Waals surface area contributed by atoms with Gasteiger partial charge in [-0.2, -0.15) is 0 Å². The van der Waals surface area contributed by atoms with Crippen molar-refractivity contribution in [1.29, 1.82) is 0 Å². The van der Waals surface area contributed by atoms with Gasteiger partial charge in [0, 0.05) is 0 Å². The van der Waals surface area contributed by atoms with E-state index in [1.807, 2.05) is 54.6 Å². The lowest BCUT2D eigenvalue weighted by atomic mass is 9.87. The molecule has 5 heteroatoms. The Morgan fingerprint density at radius 2 is 1.43 bits per heavy atom. The molecule has 35 heavy (non-hydrogen) atoms. The van der Waals surface area contributed by atoms with Gasteiger partial charge in [0.25, 0.3) is 0 Å². The molecule has 0 atom stereocenters. The minimum Gasteiger partial charge on any atom is -0.494 e. The van der Waals surface area contributed by atoms with Crippen molar-refractivity contribution < 1.29 is 23.7 Å². The van der Waals surface area contributed by atoms with E-state index < -0.39 is 5.97 Å². The van der Waals surface area contributed by atoms with Crippen LogP contribution in [0, 0.1) is 0 Å². The summed E-state index contributed by atoms with van der Waals surface area (Å²) in [5.74, 6) is 2.12. The number of hydrogen-bond donors (Lipinski definition) is 0. The molecule has 0 heterocycles. The first-order chi connectivity index (χ1) is 16.8. The zero-order valence-electron chi connectivity index (χ0n) is 21.4. The Kier molecular flexibility index (Phi) is 9.18. The van der Waals surface area contributed by atoms with Gasteiger partial charge in [0.2, 0.25) is 0 Å². The molecule has 0 bridgehead atoms. The summed E-state index contributed by atoms with van der Waals surface area (Å²) in [5.41, 5.74) is 3.27. The van der Waals surface area contributed by atoms with E-state index in [0.29, 0.717) is 30.5 Å². The molecule has 0 amide bonds. The summed E-state index contributed by atoms with van der Waals surface area (Å²) in [6, 6.07) is 21.7. The van der Waals surface area contributed by atoms with Crippen molar-refractivity contribution in [2.75, 3.05) is 19.8 Å². The molecule has 186 valence electrons. The second kappa shape index (κ2) is 12.3. The zero-order chi connectivity index (χ0) is 25.3. The van der Waals surface area contributed by atoms with Crippen molar-refractivity contribution in [3.63, 3.8) is 0 Å². The summed E-state index contributed by atoms with van der Waals surface area (Å²) in [6.45, 7) is 11.3. The predicted octanol–water partition coefficient (Wildman–Crippen LogP) is 7.56. The summed E-state index contributed by atoms with van der Waals surface area (Å²) in [4.78, 5) is 11.8. The van der Waals surface area contributed by atoms with Crippen LogP contribution in [0.2, 0.25) is 0 Å². The van der Waals surface area contributed by atoms with E-state index >= 15 is 0 Å². The minimum absolute atomic E-state index is 0.0543. The molecule has 0 aliphatic heterocycles. The van der Waals surface area contributed by atoms with Gasteiger partial charge in [-0.25, -0.2) is 4.79 Å². The topological polar surface area (TPSA) is 54.0 Å². The highest BCUT2D eigenvalue weighted by Gasteiger charge is 2.15. The Labute approximate surface area is 209 Å². The standard InChI is InChI=1S/C30H36O5/c1-6-8-19-33-25-14-9-22(10-15-25)23-11-18-27(34-21-29(31)32-7-2)28(20-23)35-26-16-12-24(13-17-26)30(3,4)5/h9-18,20H,6-8,19,21H2,1-5H3. The molecule has 0 unspecified atom stereocenters. The van der Waals surface area contributed by atoms with Crippen LogP contribution < -0.4 is 14.2 Å². The van der Waals surface area contributed by atoms with E-state index in [9.17, 15) is 4.79 Å². The lowest BCUT2D eigenvalue weighted by molar-refractivity contribution is -0.145. The molecule has 3 rings (SSSR count). The molecule has 0 aliphatic rings. The van der Waals surface area contributed by atoms with Gasteiger partial charge in [-0.3, -0.25) is 0 Å². The average molecular weight is 477 g/mol. The highest BCUT2D eigenvalue weighted by Crippen LogP contribution is 2.37. The minimum atomic E-state index is -0.421. The Balaban J connectivity index is 1.84. The first-order valence-corrected chi connectivity index (χ1v) is 12.2. The molecular weight excluding hydrogens is 440 g/mol. The Bertz CT molecular complexity index is 1080. The van der Waals surface area contributed by atoms with E-state index in [0.717, 1.165) is 29.7 Å². The van der Waals surface area contributed by atoms with Crippen LogP contribution in [0.15, 0.2) is 66.7 Å². The fraction of sp³-hybridized carbons (Fsp3) is 0.367. The maximum atomic E-state index is 11.8. The van der Waals surface area contributed by atoms with E-state index in [1.165, 1.54) is 5.56 Å². The molecule has 3 aromatic rings. The van der Waals surface area contributed by atoms with Crippen LogP contribution in [0.25, 0.3) is 11.1 Å². The van der Waals surface area contributed by atoms with Crippen LogP contribution in [0.1, 0.15) is 53.0 Å². The molecule has 0 spiro atoms. The van der Waals surface area contributed by atoms with Crippen LogP contribution >= 0.6 is 0 Å². The van der Waals surface area contributed by atoms with E-state index in [2.05, 4.69) is 39.8 Å². The Morgan fingerprint density at radius 1 is 0.771 bits per heavy atom. The summed E-state index contributed by atoms with van der Waals surface area (Å²) in [5, 5.41) is 0. The third-order valence-electron chi connectivity index (χ3n) is 5.50. The maximum absolute atomic E-state index is 11.8. The first kappa shape index (κ1) is 26.1. The van der Waals surface area contributed by atoms with Gasteiger partial charge in [0.15, 0.2) is 18.1 Å². The summed E-state index contributed by atoms with van der Waals surface area (Å²) in [7, 11) is 0. The number of carbonyl (C=O) groups is 1. The van der Waals surface area contributed by atoms with E-state index in [-0.39, 0.29) is 12.0 Å². The second-order valence-corrected chi connectivity index (χ2v) is 9.36. The van der Waals surface area contributed by atoms with Crippen molar-refractivity contribution in [2.24, 2.45) is 0 Å². The van der Waals surface area contributed by atoms with E-state index in [4.69, 9.17) is 18.9 Å². The highest BCUT2D eigenvalue weighted by molar-refractivity contribution is 5.72. The molecule has 3 aromatic carbocycles. The van der Waals surface area contributed by atoms with Gasteiger partial charge >= 0.3 is 5.97 Å². The van der Waals surface area contributed by atoms with Crippen LogP contribution in [-0.4, -0.2) is 25.8 Å². The smallest absolute Gasteiger partial charge is 0.344 e. The quantitative estimate of drug-likeness (QED) is 0.211. The highest BCUT2D eigenvalue weighted by atomic mass is 16.6. The number of esters is 1. The van der Waals surface area contributed by atoms with E-state index in [1.54, 1.807) is 6.92 Å². The maximum Gasteiger partial charge on any atom is 0.344 e. The largest absolute Gasteiger partial charge is 0.494 e. The summed E-state index contributed by atoms with van der Waals surface area (Å²) >= 11 is 0. The van der Waals surface area contributed by atoms with Gasteiger partial charge in [-0.1, -0.05) is 64.4 Å². The number of rotatable bonds is 11. The van der Waals surface area contributed by atoms with Crippen LogP contribution in [0.3, 0.4) is 0 Å². The molecule has 0 saturated heterocycles. The lowest BCUT2D eigenvalue weighted by Crippen LogP contribution is -2.14. The average Bonchev–Trinajstić information content (AvgIpc) is 2.84. The molecule has 5 nitrogen and oxygen atoms in total. The molecule has 0 saturated carbocycles. The molecule has 0 fully saturated rings. The number of unbranched alkanes of at least 4 members (excludes halogenated alkanes) is 1. The third-order valence-corrected chi connectivity index (χ3v) is 5.50. The molecular formula is C30H36O5. The van der Waals surface area contributed by atoms with Crippen molar-refractivity contribution in [2.45, 2.75) is 52.9 Å². The molecule has 0 aromatic heterocycles. The SMILES string of the molecule is CCCCOc1ccc(-c2ccc(OCC(=O)OCC)c(Oc3ccc(C(C)(C)C)cc3)c2)cc1. The Morgan fingerprint density at radius 3 is 2.06 bits per heavy atom. The van der Waals surface area contributed by atoms with Crippen molar-refractivity contribution in [3.8, 4) is 34.1 Å². The summed E-state index contributed by atoms with van der Waals surface area (Å²) in [6.07, 6.45) is 2.14. The fourth-order valence-electron chi connectivity index (χ4n) is 3.45.